The molecule has 2 N–H and O–H groups in total. The smallest absolute Gasteiger partial charge is 0.186 e. The van der Waals surface area contributed by atoms with Crippen LogP contribution in [-0.4, -0.2) is 118 Å². The lowest BCUT2D eigenvalue weighted by molar-refractivity contribution is -0.0469. The summed E-state index contributed by atoms with van der Waals surface area (Å²) in [5, 5.41) is 17.5. The third-order valence-corrected chi connectivity index (χ3v) is 13.6. The molecule has 2 aromatic carbocycles. The molecule has 328 valence electrons. The van der Waals surface area contributed by atoms with E-state index in [0.29, 0.717) is 33.7 Å². The second-order valence-electron chi connectivity index (χ2n) is 19.7. The van der Waals surface area contributed by atoms with Crippen molar-refractivity contribution in [1.82, 2.24) is 19.6 Å². The van der Waals surface area contributed by atoms with Crippen LogP contribution < -0.4 is 9.47 Å². The molecule has 0 atom stereocenters. The van der Waals surface area contributed by atoms with Gasteiger partial charge >= 0.3 is 0 Å². The standard InChI is InChI=1S/C17H20O4.2C16H34N2/c1-17(2,13-3-7-15(8-4-13)20-11-18)14-5-9-16(10-6-14)21-12-19;2*1-8-10-11-18(9-2)14-12-15(3,4)17(7)16(5,6)13-14/h3-10,18-19H,11-12H2,1-2H3;2*14H,8-13H2,1-7H3. The van der Waals surface area contributed by atoms with Crippen molar-refractivity contribution >= 4 is 0 Å². The van der Waals surface area contributed by atoms with E-state index < -0.39 is 0 Å². The molecule has 4 rings (SSSR count). The van der Waals surface area contributed by atoms with Crippen molar-refractivity contribution in [2.24, 2.45) is 0 Å². The van der Waals surface area contributed by atoms with Gasteiger partial charge in [0.25, 0.3) is 0 Å². The van der Waals surface area contributed by atoms with Crippen LogP contribution in [0.5, 0.6) is 11.5 Å². The summed E-state index contributed by atoms with van der Waals surface area (Å²) in [6.07, 6.45) is 10.5. The van der Waals surface area contributed by atoms with Crippen molar-refractivity contribution in [2.45, 2.75) is 188 Å². The summed E-state index contributed by atoms with van der Waals surface area (Å²) in [5.41, 5.74) is 3.36. The average Bonchev–Trinajstić information content (AvgIpc) is 3.14. The molecular formula is C49H88N4O4. The van der Waals surface area contributed by atoms with Crippen molar-refractivity contribution < 1.29 is 19.7 Å². The number of benzene rings is 2. The zero-order chi connectivity index (χ0) is 43.2. The van der Waals surface area contributed by atoms with Crippen molar-refractivity contribution in [3.8, 4) is 11.5 Å². The van der Waals surface area contributed by atoms with Gasteiger partial charge in [-0.15, -0.1) is 0 Å². The molecule has 0 unspecified atom stereocenters. The van der Waals surface area contributed by atoms with Gasteiger partial charge < -0.3 is 29.5 Å². The molecule has 2 heterocycles. The van der Waals surface area contributed by atoms with Crippen LogP contribution in [0.2, 0.25) is 0 Å². The number of ether oxygens (including phenoxy) is 2. The van der Waals surface area contributed by atoms with Crippen LogP contribution in [0.4, 0.5) is 0 Å². The number of likely N-dealkylation sites (tertiary alicyclic amines) is 2. The molecule has 0 aliphatic carbocycles. The normalized spacial score (nSPS) is 19.7. The zero-order valence-electron chi connectivity index (χ0n) is 39.7. The Hall–Kier alpha value is -2.20. The average molecular weight is 797 g/mol. The fourth-order valence-electron chi connectivity index (χ4n) is 9.33. The van der Waals surface area contributed by atoms with Gasteiger partial charge in [-0.2, -0.15) is 0 Å². The van der Waals surface area contributed by atoms with Gasteiger partial charge in [-0.3, -0.25) is 9.80 Å². The van der Waals surface area contributed by atoms with Gasteiger partial charge in [-0.1, -0.05) is 78.6 Å². The summed E-state index contributed by atoms with van der Waals surface area (Å²) in [4.78, 5) is 10.6. The van der Waals surface area contributed by atoms with E-state index in [1.54, 1.807) is 0 Å². The molecule has 2 aliphatic rings. The molecular weight excluding hydrogens is 709 g/mol. The first-order chi connectivity index (χ1) is 26.6. The quantitative estimate of drug-likeness (QED) is 0.163. The first kappa shape index (κ1) is 50.9. The van der Waals surface area contributed by atoms with Crippen LogP contribution in [-0.2, 0) is 5.41 Å². The first-order valence-corrected chi connectivity index (χ1v) is 22.2. The lowest BCUT2D eigenvalue weighted by Crippen LogP contribution is -2.62. The van der Waals surface area contributed by atoms with E-state index in [1.165, 1.54) is 77.5 Å². The van der Waals surface area contributed by atoms with Gasteiger partial charge in [-0.05, 0) is 170 Å². The molecule has 2 fully saturated rings. The Balaban J connectivity index is 0.000000297. The van der Waals surface area contributed by atoms with Crippen molar-refractivity contribution in [1.29, 1.82) is 0 Å². The second kappa shape index (κ2) is 22.4. The highest BCUT2D eigenvalue weighted by Gasteiger charge is 2.45. The van der Waals surface area contributed by atoms with E-state index in [0.717, 1.165) is 23.2 Å². The predicted molar refractivity (Wildman–Crippen MR) is 243 cm³/mol. The minimum absolute atomic E-state index is 0.171. The number of nitrogens with zero attached hydrogens (tertiary/aromatic N) is 4. The summed E-state index contributed by atoms with van der Waals surface area (Å²) in [6.45, 7) is 36.9. The molecule has 8 nitrogen and oxygen atoms in total. The SMILES string of the molecule is CC(C)(c1ccc(OCO)cc1)c1ccc(OCO)cc1.CCCCN(CC)C1CC(C)(C)N(C)C(C)(C)C1.CCCCN(CC)C1CC(C)(C)N(C)C(C)(C)C1. The molecule has 0 aromatic heterocycles. The molecule has 0 bridgehead atoms. The molecule has 8 heteroatoms. The Morgan fingerprint density at radius 3 is 1.07 bits per heavy atom. The van der Waals surface area contributed by atoms with Gasteiger partial charge in [0.1, 0.15) is 11.5 Å². The molecule has 0 radical (unpaired) electrons. The summed E-state index contributed by atoms with van der Waals surface area (Å²) in [7, 11) is 4.58. The molecule has 57 heavy (non-hydrogen) atoms. The zero-order valence-corrected chi connectivity index (χ0v) is 39.7. The van der Waals surface area contributed by atoms with E-state index in [1.807, 2.05) is 48.5 Å². The third-order valence-electron chi connectivity index (χ3n) is 13.6. The highest BCUT2D eigenvalue weighted by Crippen LogP contribution is 2.40. The van der Waals surface area contributed by atoms with Crippen molar-refractivity contribution in [3.63, 3.8) is 0 Å². The van der Waals surface area contributed by atoms with E-state index in [9.17, 15) is 0 Å². The maximum Gasteiger partial charge on any atom is 0.186 e. The summed E-state index contributed by atoms with van der Waals surface area (Å²) in [5.74, 6) is 1.28. The van der Waals surface area contributed by atoms with E-state index in [2.05, 4.69) is 131 Å². The number of unbranched alkanes of at least 4 members (excludes halogenated alkanes) is 2. The predicted octanol–water partition coefficient (Wildman–Crippen LogP) is 10.2. The van der Waals surface area contributed by atoms with E-state index >= 15 is 0 Å². The largest absolute Gasteiger partial charge is 0.468 e. The molecule has 2 aliphatic heterocycles. The first-order valence-electron chi connectivity index (χ1n) is 22.2. The van der Waals surface area contributed by atoms with Crippen LogP contribution in [0, 0.1) is 0 Å². The lowest BCUT2D eigenvalue weighted by atomic mass is 9.77. The number of aliphatic hydroxyl groups excluding tert-OH is 2. The van der Waals surface area contributed by atoms with Crippen LogP contribution >= 0.6 is 0 Å². The second-order valence-corrected chi connectivity index (χ2v) is 19.7. The number of aliphatic hydroxyl groups is 2. The molecule has 2 aromatic rings. The Morgan fingerprint density at radius 2 is 0.842 bits per heavy atom. The number of rotatable bonds is 16. The lowest BCUT2D eigenvalue weighted by Gasteiger charge is -2.55. The third kappa shape index (κ3) is 14.5. The van der Waals surface area contributed by atoms with Crippen LogP contribution in [0.3, 0.4) is 0 Å². The van der Waals surface area contributed by atoms with Crippen molar-refractivity contribution in [2.75, 3.05) is 53.9 Å². The van der Waals surface area contributed by atoms with Gasteiger partial charge in [0.05, 0.1) is 0 Å². The fourth-order valence-corrected chi connectivity index (χ4v) is 9.33. The summed E-state index contributed by atoms with van der Waals surface area (Å²) in [6, 6.07) is 16.8. The maximum atomic E-state index is 8.74. The van der Waals surface area contributed by atoms with Crippen LogP contribution in [0.1, 0.15) is 159 Å². The maximum absolute atomic E-state index is 8.74. The molecule has 2 saturated heterocycles. The van der Waals surface area contributed by atoms with Crippen LogP contribution in [0.25, 0.3) is 0 Å². The Morgan fingerprint density at radius 1 is 0.561 bits per heavy atom. The van der Waals surface area contributed by atoms with E-state index in [4.69, 9.17) is 19.7 Å². The van der Waals surface area contributed by atoms with Gasteiger partial charge in [0.2, 0.25) is 0 Å². The molecule has 0 saturated carbocycles. The monoisotopic (exact) mass is 797 g/mol. The Labute approximate surface area is 351 Å². The minimum Gasteiger partial charge on any atom is -0.468 e. The van der Waals surface area contributed by atoms with E-state index in [-0.39, 0.29) is 19.0 Å². The minimum atomic E-state index is -0.324. The molecule has 0 amide bonds. The molecule has 0 spiro atoms. The highest BCUT2D eigenvalue weighted by molar-refractivity contribution is 5.41. The Bertz CT molecular complexity index is 1260. The van der Waals surface area contributed by atoms with Gasteiger partial charge in [0, 0.05) is 39.7 Å². The number of piperidine rings is 2. The van der Waals surface area contributed by atoms with Gasteiger partial charge in [0.15, 0.2) is 13.6 Å². The summed E-state index contributed by atoms with van der Waals surface area (Å²) < 4.78 is 10.1. The summed E-state index contributed by atoms with van der Waals surface area (Å²) >= 11 is 0. The Kier molecular flexibility index (Phi) is 20.0. The number of hydrogen-bond donors (Lipinski definition) is 2. The van der Waals surface area contributed by atoms with Crippen molar-refractivity contribution in [3.05, 3.63) is 59.7 Å². The van der Waals surface area contributed by atoms with Crippen LogP contribution in [0.15, 0.2) is 48.5 Å². The highest BCUT2D eigenvalue weighted by atomic mass is 16.6. The number of hydrogen-bond acceptors (Lipinski definition) is 8. The fraction of sp³-hybridized carbons (Fsp3) is 0.755. The topological polar surface area (TPSA) is 71.9 Å². The van der Waals surface area contributed by atoms with Gasteiger partial charge in [-0.25, -0.2) is 0 Å².